The van der Waals surface area contributed by atoms with Crippen molar-refractivity contribution < 1.29 is 9.59 Å². The number of rotatable bonds is 7. The fourth-order valence-corrected chi connectivity index (χ4v) is 4.83. The number of likely N-dealkylation sites (tertiary alicyclic amines) is 1. The van der Waals surface area contributed by atoms with Gasteiger partial charge in [0.15, 0.2) is 0 Å². The highest BCUT2D eigenvalue weighted by Gasteiger charge is 2.35. The molecular formula is C24H29N3O2S. The third-order valence-corrected chi connectivity index (χ3v) is 6.86. The summed E-state index contributed by atoms with van der Waals surface area (Å²) in [7, 11) is 0. The Hall–Kier alpha value is -2.31. The van der Waals surface area contributed by atoms with Crippen molar-refractivity contribution in [3.8, 4) is 0 Å². The lowest BCUT2D eigenvalue weighted by Gasteiger charge is -2.28. The summed E-state index contributed by atoms with van der Waals surface area (Å²) >= 11 is 1.67. The van der Waals surface area contributed by atoms with Gasteiger partial charge in [-0.05, 0) is 62.0 Å². The van der Waals surface area contributed by atoms with Gasteiger partial charge in [-0.15, -0.1) is 11.8 Å². The van der Waals surface area contributed by atoms with Crippen molar-refractivity contribution >= 4 is 29.3 Å². The number of carbonyl (C=O) groups excluding carboxylic acids is 2. The van der Waals surface area contributed by atoms with Crippen molar-refractivity contribution in [2.75, 3.05) is 37.3 Å². The molecule has 30 heavy (non-hydrogen) atoms. The molecule has 2 atom stereocenters. The van der Waals surface area contributed by atoms with Gasteiger partial charge in [0.05, 0.1) is 12.0 Å². The van der Waals surface area contributed by atoms with E-state index in [1.807, 2.05) is 36.6 Å². The zero-order valence-electron chi connectivity index (χ0n) is 17.4. The second-order valence-corrected chi connectivity index (χ2v) is 8.90. The molecule has 2 unspecified atom stereocenters. The van der Waals surface area contributed by atoms with Crippen LogP contribution in [0.3, 0.4) is 0 Å². The van der Waals surface area contributed by atoms with Gasteiger partial charge in [-0.1, -0.05) is 30.3 Å². The quantitative estimate of drug-likeness (QED) is 0.690. The summed E-state index contributed by atoms with van der Waals surface area (Å²) in [5.74, 6) is -0.300. The average Bonchev–Trinajstić information content (AvgIpc) is 3.45. The number of hydrogen-bond donors (Lipinski definition) is 1. The second-order valence-electron chi connectivity index (χ2n) is 8.02. The fourth-order valence-electron chi connectivity index (χ4n) is 4.42. The van der Waals surface area contributed by atoms with E-state index in [-0.39, 0.29) is 30.2 Å². The minimum Gasteiger partial charge on any atom is -0.354 e. The molecule has 6 heteroatoms. The van der Waals surface area contributed by atoms with E-state index in [1.165, 1.54) is 18.4 Å². The van der Waals surface area contributed by atoms with Crippen LogP contribution >= 0.6 is 11.8 Å². The minimum atomic E-state index is -0.298. The second kappa shape index (κ2) is 9.67. The van der Waals surface area contributed by atoms with Crippen molar-refractivity contribution in [1.29, 1.82) is 0 Å². The number of benzene rings is 2. The topological polar surface area (TPSA) is 52.7 Å². The summed E-state index contributed by atoms with van der Waals surface area (Å²) < 4.78 is 0. The Morgan fingerprint density at radius 2 is 1.80 bits per heavy atom. The van der Waals surface area contributed by atoms with Gasteiger partial charge >= 0.3 is 0 Å². The summed E-state index contributed by atoms with van der Waals surface area (Å²) in [6.07, 6.45) is 4.72. The molecule has 2 amide bonds. The molecule has 1 N–H and O–H groups in total. The first-order valence-electron chi connectivity index (χ1n) is 10.7. The monoisotopic (exact) mass is 423 g/mol. The number of thioether (sulfide) groups is 1. The highest BCUT2D eigenvalue weighted by Crippen LogP contribution is 2.28. The van der Waals surface area contributed by atoms with Crippen LogP contribution < -0.4 is 10.2 Å². The van der Waals surface area contributed by atoms with E-state index in [4.69, 9.17) is 0 Å². The molecule has 2 aliphatic heterocycles. The van der Waals surface area contributed by atoms with Crippen LogP contribution in [0.25, 0.3) is 0 Å². The first-order valence-corrected chi connectivity index (χ1v) is 11.9. The van der Waals surface area contributed by atoms with Gasteiger partial charge in [0.1, 0.15) is 0 Å². The molecule has 2 aliphatic rings. The van der Waals surface area contributed by atoms with Crippen LogP contribution in [0.2, 0.25) is 0 Å². The molecule has 4 rings (SSSR count). The summed E-state index contributed by atoms with van der Waals surface area (Å²) in [6, 6.07) is 18.5. The normalized spacial score (nSPS) is 20.5. The first-order chi connectivity index (χ1) is 14.7. The van der Waals surface area contributed by atoms with Crippen LogP contribution in [0.1, 0.15) is 30.9 Å². The largest absolute Gasteiger partial charge is 0.354 e. The van der Waals surface area contributed by atoms with Crippen LogP contribution in [0.5, 0.6) is 0 Å². The maximum Gasteiger partial charge on any atom is 0.227 e. The van der Waals surface area contributed by atoms with E-state index >= 15 is 0 Å². The lowest BCUT2D eigenvalue weighted by molar-refractivity contribution is -0.126. The van der Waals surface area contributed by atoms with Gasteiger partial charge in [0.25, 0.3) is 0 Å². The van der Waals surface area contributed by atoms with E-state index < -0.39 is 0 Å². The Bertz CT molecular complexity index is 866. The van der Waals surface area contributed by atoms with Gasteiger partial charge in [0, 0.05) is 30.1 Å². The Labute approximate surface area is 182 Å². The van der Waals surface area contributed by atoms with E-state index in [0.717, 1.165) is 23.7 Å². The van der Waals surface area contributed by atoms with Crippen LogP contribution in [0.15, 0.2) is 59.5 Å². The smallest absolute Gasteiger partial charge is 0.227 e. The van der Waals surface area contributed by atoms with Crippen LogP contribution in [0.4, 0.5) is 5.69 Å². The van der Waals surface area contributed by atoms with Crippen LogP contribution in [-0.4, -0.2) is 49.1 Å². The molecular weight excluding hydrogens is 394 g/mol. The molecule has 5 nitrogen and oxygen atoms in total. The van der Waals surface area contributed by atoms with Gasteiger partial charge in [-0.2, -0.15) is 0 Å². The van der Waals surface area contributed by atoms with E-state index in [2.05, 4.69) is 34.5 Å². The predicted octanol–water partition coefficient (Wildman–Crippen LogP) is 3.71. The Morgan fingerprint density at radius 3 is 2.47 bits per heavy atom. The van der Waals surface area contributed by atoms with Crippen molar-refractivity contribution in [1.82, 2.24) is 10.2 Å². The number of amides is 2. The maximum atomic E-state index is 12.9. The molecule has 158 valence electrons. The zero-order chi connectivity index (χ0) is 20.9. The molecule has 0 aliphatic carbocycles. The predicted molar refractivity (Wildman–Crippen MR) is 122 cm³/mol. The molecule has 2 heterocycles. The molecule has 2 fully saturated rings. The molecule has 2 saturated heterocycles. The van der Waals surface area contributed by atoms with Gasteiger partial charge in [-0.25, -0.2) is 0 Å². The van der Waals surface area contributed by atoms with Crippen molar-refractivity contribution in [3.63, 3.8) is 0 Å². The Kier molecular flexibility index (Phi) is 6.75. The summed E-state index contributed by atoms with van der Waals surface area (Å²) in [5, 5.41) is 3.15. The standard InChI is InChI=1S/C24H29N3O2S/c1-30-21-11-9-20(10-12-21)27-17-19(15-23(27)28)24(29)25-16-22(26-13-5-6-14-26)18-7-3-2-4-8-18/h2-4,7-12,19,22H,5-6,13-17H2,1H3,(H,25,29). The fraction of sp³-hybridized carbons (Fsp3) is 0.417. The van der Waals surface area contributed by atoms with Gasteiger partial charge in [-0.3, -0.25) is 14.5 Å². The van der Waals surface area contributed by atoms with Crippen LogP contribution in [0, 0.1) is 5.92 Å². The molecule has 0 spiro atoms. The van der Waals surface area contributed by atoms with Crippen molar-refractivity contribution in [2.45, 2.75) is 30.2 Å². The molecule has 0 aromatic heterocycles. The van der Waals surface area contributed by atoms with E-state index in [0.29, 0.717) is 13.1 Å². The number of hydrogen-bond acceptors (Lipinski definition) is 4. The Morgan fingerprint density at radius 1 is 1.10 bits per heavy atom. The summed E-state index contributed by atoms with van der Waals surface area (Å²) in [6.45, 7) is 3.16. The zero-order valence-corrected chi connectivity index (χ0v) is 18.2. The molecule has 0 saturated carbocycles. The number of nitrogens with zero attached hydrogens (tertiary/aromatic N) is 2. The number of carbonyl (C=O) groups is 2. The lowest BCUT2D eigenvalue weighted by Crippen LogP contribution is -2.40. The molecule has 0 bridgehead atoms. The number of anilines is 1. The van der Waals surface area contributed by atoms with Gasteiger partial charge < -0.3 is 10.2 Å². The third kappa shape index (κ3) is 4.71. The highest BCUT2D eigenvalue weighted by atomic mass is 32.2. The minimum absolute atomic E-state index is 0.0196. The highest BCUT2D eigenvalue weighted by molar-refractivity contribution is 7.98. The maximum absolute atomic E-state index is 12.9. The van der Waals surface area contributed by atoms with E-state index in [1.54, 1.807) is 16.7 Å². The van der Waals surface area contributed by atoms with Gasteiger partial charge in [0.2, 0.25) is 11.8 Å². The molecule has 2 aromatic carbocycles. The first kappa shape index (κ1) is 20.9. The summed E-state index contributed by atoms with van der Waals surface area (Å²) in [5.41, 5.74) is 2.10. The van der Waals surface area contributed by atoms with Crippen molar-refractivity contribution in [3.05, 3.63) is 60.2 Å². The summed E-state index contributed by atoms with van der Waals surface area (Å²) in [4.78, 5) is 30.8. The number of nitrogens with one attached hydrogen (secondary N) is 1. The molecule has 0 radical (unpaired) electrons. The molecule has 2 aromatic rings. The Balaban J connectivity index is 1.38. The average molecular weight is 424 g/mol. The SMILES string of the molecule is CSc1ccc(N2CC(C(=O)NCC(c3ccccc3)N3CCCC3)CC2=O)cc1. The van der Waals surface area contributed by atoms with Crippen molar-refractivity contribution in [2.24, 2.45) is 5.92 Å². The third-order valence-electron chi connectivity index (χ3n) is 6.12. The lowest BCUT2D eigenvalue weighted by atomic mass is 10.0. The van der Waals surface area contributed by atoms with Crippen LogP contribution in [-0.2, 0) is 9.59 Å². The van der Waals surface area contributed by atoms with E-state index in [9.17, 15) is 9.59 Å².